The van der Waals surface area contributed by atoms with Crippen LogP contribution in [0.2, 0.25) is 0 Å². The summed E-state index contributed by atoms with van der Waals surface area (Å²) in [6, 6.07) is 14.1. The van der Waals surface area contributed by atoms with E-state index in [2.05, 4.69) is 0 Å². The zero-order chi connectivity index (χ0) is 29.3. The van der Waals surface area contributed by atoms with Crippen molar-refractivity contribution in [1.82, 2.24) is 13.9 Å². The molecule has 0 amide bonds. The topological polar surface area (TPSA) is 113 Å². The fraction of sp³-hybridized carbons (Fsp3) is 0.286. The summed E-state index contributed by atoms with van der Waals surface area (Å²) >= 11 is 26.8. The molecule has 0 radical (unpaired) electrons. The Balaban J connectivity index is 1.58. The first-order chi connectivity index (χ1) is 19.6. The number of aliphatic hydroxyl groups is 1. The minimum Gasteiger partial charge on any atom is -0.491 e. The summed E-state index contributed by atoms with van der Waals surface area (Å²) in [5.41, 5.74) is 0.179. The molecule has 0 saturated heterocycles. The molecular weight excluding hydrogens is 616 g/mol. The number of para-hydroxylation sites is 1. The van der Waals surface area contributed by atoms with Crippen LogP contribution in [0.15, 0.2) is 85.9 Å². The number of allylic oxidation sites excluding steroid dienone is 4. The quantitative estimate of drug-likeness (QED) is 0.338. The summed E-state index contributed by atoms with van der Waals surface area (Å²) < 4.78 is 9.05. The summed E-state index contributed by atoms with van der Waals surface area (Å²) in [5, 5.41) is 8.03. The molecule has 9 nitrogen and oxygen atoms in total. The van der Waals surface area contributed by atoms with Gasteiger partial charge < -0.3 is 9.84 Å². The predicted octanol–water partition coefficient (Wildman–Crippen LogP) is 3.64. The number of carbonyl (C=O) groups is 2. The maximum atomic E-state index is 13.8. The SMILES string of the molecule is O=C1C(Cl)=C(Cl)C(=O)[C@@]2(Cl)[C@@H](c3ccc(OCCO)cc3)C3=CCn4c(=O)n(-c5ccccc5)c(=O)n4[C@@H]3C[C@@]12Cl. The minimum absolute atomic E-state index is 0.00263. The number of nitrogens with zero attached hydrogens (tertiary/aromatic N) is 3. The number of aliphatic hydroxyl groups excluding tert-OH is 1. The highest BCUT2D eigenvalue weighted by atomic mass is 35.5. The van der Waals surface area contributed by atoms with E-state index < -0.39 is 54.7 Å². The third kappa shape index (κ3) is 3.87. The molecule has 41 heavy (non-hydrogen) atoms. The van der Waals surface area contributed by atoms with E-state index in [0.717, 1.165) is 4.57 Å². The minimum atomic E-state index is -2.12. The number of halogens is 4. The molecule has 3 aliphatic rings. The predicted molar refractivity (Wildman–Crippen MR) is 154 cm³/mol. The number of fused-ring (bicyclic) bond motifs is 4. The molecule has 212 valence electrons. The number of carbonyl (C=O) groups excluding carboxylic acids is 2. The highest BCUT2D eigenvalue weighted by molar-refractivity contribution is 6.66. The van der Waals surface area contributed by atoms with E-state index in [-0.39, 0.29) is 26.2 Å². The van der Waals surface area contributed by atoms with Crippen molar-refractivity contribution >= 4 is 58.0 Å². The molecule has 0 spiro atoms. The molecule has 4 atom stereocenters. The monoisotopic (exact) mass is 635 g/mol. The summed E-state index contributed by atoms with van der Waals surface area (Å²) in [7, 11) is 0. The molecule has 2 aromatic carbocycles. The van der Waals surface area contributed by atoms with Crippen LogP contribution in [-0.4, -0.2) is 53.6 Å². The number of alkyl halides is 2. The lowest BCUT2D eigenvalue weighted by Crippen LogP contribution is -2.67. The van der Waals surface area contributed by atoms with Crippen molar-refractivity contribution in [2.45, 2.75) is 34.7 Å². The Morgan fingerprint density at radius 1 is 0.902 bits per heavy atom. The van der Waals surface area contributed by atoms with Gasteiger partial charge in [0.1, 0.15) is 32.2 Å². The summed E-state index contributed by atoms with van der Waals surface area (Å²) in [6.45, 7) is -0.104. The Labute approximate surface area is 252 Å². The highest BCUT2D eigenvalue weighted by Gasteiger charge is 2.71. The summed E-state index contributed by atoms with van der Waals surface area (Å²) in [6.07, 6.45) is 1.43. The molecule has 3 aromatic rings. The average molecular weight is 637 g/mol. The Morgan fingerprint density at radius 3 is 2.22 bits per heavy atom. The van der Waals surface area contributed by atoms with Gasteiger partial charge in [0.15, 0.2) is 11.6 Å². The van der Waals surface area contributed by atoms with Gasteiger partial charge >= 0.3 is 11.4 Å². The first-order valence-electron chi connectivity index (χ1n) is 12.6. The van der Waals surface area contributed by atoms with Gasteiger partial charge in [0, 0.05) is 12.3 Å². The second-order valence-electron chi connectivity index (χ2n) is 9.96. The lowest BCUT2D eigenvalue weighted by molar-refractivity contribution is -0.128. The number of Topliss-reactive ketones (excluding diaryl/α,β-unsaturated/α-hetero) is 2. The van der Waals surface area contributed by atoms with Crippen LogP contribution in [0.1, 0.15) is 23.9 Å². The zero-order valence-corrected chi connectivity index (χ0v) is 24.1. The fourth-order valence-electron chi connectivity index (χ4n) is 6.06. The van der Waals surface area contributed by atoms with Crippen LogP contribution in [0.5, 0.6) is 5.75 Å². The second kappa shape index (κ2) is 10.0. The van der Waals surface area contributed by atoms with Crippen molar-refractivity contribution in [3.8, 4) is 11.4 Å². The van der Waals surface area contributed by atoms with Gasteiger partial charge in [0.05, 0.1) is 24.9 Å². The average Bonchev–Trinajstić information content (AvgIpc) is 3.24. The smallest absolute Gasteiger partial charge is 0.352 e. The van der Waals surface area contributed by atoms with Crippen LogP contribution in [0, 0.1) is 0 Å². The van der Waals surface area contributed by atoms with Crippen molar-refractivity contribution in [1.29, 1.82) is 0 Å². The molecule has 1 aliphatic heterocycles. The number of hydrogen-bond acceptors (Lipinski definition) is 6. The normalized spacial score (nSPS) is 27.2. The van der Waals surface area contributed by atoms with Crippen LogP contribution in [-0.2, 0) is 16.1 Å². The van der Waals surface area contributed by atoms with E-state index in [1.165, 1.54) is 9.36 Å². The van der Waals surface area contributed by atoms with Gasteiger partial charge in [-0.3, -0.25) is 9.59 Å². The summed E-state index contributed by atoms with van der Waals surface area (Å²) in [4.78, 5) is 50.6. The van der Waals surface area contributed by atoms with E-state index in [1.807, 2.05) is 0 Å². The highest BCUT2D eigenvalue weighted by Crippen LogP contribution is 2.63. The molecule has 2 aliphatic carbocycles. The largest absolute Gasteiger partial charge is 0.491 e. The second-order valence-corrected chi connectivity index (χ2v) is 12.0. The maximum absolute atomic E-state index is 13.8. The Kier molecular flexibility index (Phi) is 6.86. The van der Waals surface area contributed by atoms with Crippen LogP contribution in [0.3, 0.4) is 0 Å². The molecule has 1 saturated carbocycles. The van der Waals surface area contributed by atoms with E-state index in [9.17, 15) is 19.2 Å². The fourth-order valence-corrected chi connectivity index (χ4v) is 7.59. The summed E-state index contributed by atoms with van der Waals surface area (Å²) in [5.74, 6) is -2.26. The van der Waals surface area contributed by atoms with E-state index in [1.54, 1.807) is 60.7 Å². The Hall–Kier alpha value is -3.08. The van der Waals surface area contributed by atoms with Crippen molar-refractivity contribution in [2.75, 3.05) is 13.2 Å². The molecule has 1 aromatic heterocycles. The maximum Gasteiger partial charge on any atom is 0.352 e. The number of rotatable bonds is 5. The van der Waals surface area contributed by atoms with Crippen molar-refractivity contribution < 1.29 is 19.4 Å². The Morgan fingerprint density at radius 2 is 1.56 bits per heavy atom. The van der Waals surface area contributed by atoms with Gasteiger partial charge in [-0.25, -0.2) is 23.5 Å². The molecule has 6 rings (SSSR count). The molecule has 1 N–H and O–H groups in total. The number of ketones is 2. The zero-order valence-electron chi connectivity index (χ0n) is 21.1. The van der Waals surface area contributed by atoms with Crippen LogP contribution in [0.25, 0.3) is 5.69 Å². The van der Waals surface area contributed by atoms with Crippen LogP contribution in [0.4, 0.5) is 0 Å². The van der Waals surface area contributed by atoms with Gasteiger partial charge in [-0.05, 0) is 35.4 Å². The molecule has 1 fully saturated rings. The van der Waals surface area contributed by atoms with Crippen LogP contribution >= 0.6 is 46.4 Å². The third-order valence-corrected chi connectivity index (χ3v) is 10.1. The first-order valence-corrected chi connectivity index (χ1v) is 14.1. The van der Waals surface area contributed by atoms with E-state index in [4.69, 9.17) is 56.2 Å². The number of hydrogen-bond donors (Lipinski definition) is 1. The lowest BCUT2D eigenvalue weighted by atomic mass is 9.59. The number of aromatic nitrogens is 3. The standard InChI is InChI=1S/C28H21Cl4N3O6/c29-21-22(30)24(38)28(32)20(15-6-8-17(9-7-15)41-13-12-36)18-10-11-33-25(39)34(16-4-2-1-3-5-16)26(40)35(33)19(18)14-27(28,31)23(21)37/h1-10,19-20,36H,11-14H2/t19-,20+,27-,28+/m1/s1. The molecule has 2 heterocycles. The van der Waals surface area contributed by atoms with E-state index in [0.29, 0.717) is 22.6 Å². The molecular formula is C28H21Cl4N3O6. The number of ether oxygens (including phenoxy) is 1. The van der Waals surface area contributed by atoms with Crippen LogP contribution < -0.4 is 16.1 Å². The Bertz CT molecular complexity index is 1770. The van der Waals surface area contributed by atoms with Crippen molar-refractivity contribution in [3.63, 3.8) is 0 Å². The third-order valence-electron chi connectivity index (χ3n) is 7.89. The molecule has 13 heteroatoms. The van der Waals surface area contributed by atoms with Gasteiger partial charge in [-0.15, -0.1) is 23.2 Å². The van der Waals surface area contributed by atoms with Gasteiger partial charge in [-0.2, -0.15) is 0 Å². The van der Waals surface area contributed by atoms with Gasteiger partial charge in [0.25, 0.3) is 0 Å². The van der Waals surface area contributed by atoms with Gasteiger partial charge in [0.2, 0.25) is 0 Å². The lowest BCUT2D eigenvalue weighted by Gasteiger charge is -2.54. The van der Waals surface area contributed by atoms with Gasteiger partial charge in [-0.1, -0.05) is 59.6 Å². The first kappa shape index (κ1) is 28.1. The molecule has 0 bridgehead atoms. The van der Waals surface area contributed by atoms with E-state index >= 15 is 0 Å². The molecule has 0 unspecified atom stereocenters. The number of benzene rings is 2. The van der Waals surface area contributed by atoms with Crippen molar-refractivity contribution in [2.24, 2.45) is 0 Å². The van der Waals surface area contributed by atoms with Crippen molar-refractivity contribution in [3.05, 3.63) is 103 Å².